The molecule has 0 fully saturated rings. The zero-order valence-corrected chi connectivity index (χ0v) is 6.53. The van der Waals surface area contributed by atoms with Gasteiger partial charge in [-0.05, 0) is 24.6 Å². The lowest BCUT2D eigenvalue weighted by Gasteiger charge is -1.94. The summed E-state index contributed by atoms with van der Waals surface area (Å²) in [4.78, 5) is 0. The average molecular weight is 158 g/mol. The molecule has 0 amide bonds. The van der Waals surface area contributed by atoms with E-state index in [-0.39, 0.29) is 0 Å². The monoisotopic (exact) mass is 158 g/mol. The van der Waals surface area contributed by atoms with Crippen molar-refractivity contribution in [1.29, 1.82) is 5.26 Å². The van der Waals surface area contributed by atoms with Crippen LogP contribution in [-0.4, -0.2) is 5.16 Å². The lowest BCUT2D eigenvalue weighted by Crippen LogP contribution is -1.80. The van der Waals surface area contributed by atoms with Crippen LogP contribution in [0, 0.1) is 18.3 Å². The molecule has 0 radical (unpaired) electrons. The molecule has 1 heterocycles. The summed E-state index contributed by atoms with van der Waals surface area (Å²) in [6, 6.07) is 5.60. The molecular weight excluding hydrogens is 152 g/mol. The van der Waals surface area contributed by atoms with E-state index in [1.54, 1.807) is 18.3 Å². The minimum atomic E-state index is 0.672. The van der Waals surface area contributed by atoms with Crippen molar-refractivity contribution in [3.05, 3.63) is 29.5 Å². The summed E-state index contributed by atoms with van der Waals surface area (Å²) in [5.41, 5.74) is 2.33. The van der Waals surface area contributed by atoms with E-state index < -0.39 is 0 Å². The molecule has 0 saturated heterocycles. The second kappa shape index (κ2) is 2.35. The Morgan fingerprint density at radius 1 is 1.50 bits per heavy atom. The first-order valence-corrected chi connectivity index (χ1v) is 3.57. The predicted molar refractivity (Wildman–Crippen MR) is 43.5 cm³/mol. The van der Waals surface area contributed by atoms with E-state index >= 15 is 0 Å². The second-order valence-electron chi connectivity index (χ2n) is 2.59. The third-order valence-electron chi connectivity index (χ3n) is 1.93. The molecule has 1 aromatic carbocycles. The number of fused-ring (bicyclic) bond motifs is 1. The number of nitriles is 1. The maximum Gasteiger partial charge on any atom is 0.167 e. The standard InChI is InChI=1S/C9H6N2O/c1-6-7(4-10)2-3-9-8(6)5-11-12-9/h2-3,5H,1H3. The Morgan fingerprint density at radius 2 is 2.33 bits per heavy atom. The van der Waals surface area contributed by atoms with Gasteiger partial charge >= 0.3 is 0 Å². The van der Waals surface area contributed by atoms with Gasteiger partial charge in [-0.15, -0.1) is 0 Å². The summed E-state index contributed by atoms with van der Waals surface area (Å²) in [5.74, 6) is 0. The van der Waals surface area contributed by atoms with Gasteiger partial charge in [-0.2, -0.15) is 5.26 Å². The van der Waals surface area contributed by atoms with Gasteiger partial charge in [0.1, 0.15) is 0 Å². The van der Waals surface area contributed by atoms with E-state index in [1.807, 2.05) is 6.92 Å². The first-order chi connectivity index (χ1) is 5.83. The summed E-state index contributed by atoms with van der Waals surface area (Å²) in [7, 11) is 0. The van der Waals surface area contributed by atoms with Crippen LogP contribution in [0.2, 0.25) is 0 Å². The first kappa shape index (κ1) is 6.86. The molecule has 0 aliphatic heterocycles. The largest absolute Gasteiger partial charge is 0.356 e. The maximum atomic E-state index is 8.71. The Balaban J connectivity index is 2.89. The fourth-order valence-corrected chi connectivity index (χ4v) is 1.20. The van der Waals surface area contributed by atoms with Gasteiger partial charge in [0.15, 0.2) is 5.58 Å². The third kappa shape index (κ3) is 0.785. The van der Waals surface area contributed by atoms with Crippen molar-refractivity contribution in [1.82, 2.24) is 5.16 Å². The number of aryl methyl sites for hydroxylation is 1. The van der Waals surface area contributed by atoms with Gasteiger partial charge in [-0.1, -0.05) is 5.16 Å². The van der Waals surface area contributed by atoms with Crippen LogP contribution in [0.25, 0.3) is 11.0 Å². The SMILES string of the molecule is Cc1c(C#N)ccc2oncc12. The Hall–Kier alpha value is -1.82. The van der Waals surface area contributed by atoms with Crippen LogP contribution in [0.3, 0.4) is 0 Å². The molecule has 3 nitrogen and oxygen atoms in total. The van der Waals surface area contributed by atoms with Crippen LogP contribution in [0.15, 0.2) is 22.9 Å². The topological polar surface area (TPSA) is 49.8 Å². The molecule has 0 bridgehead atoms. The third-order valence-corrected chi connectivity index (χ3v) is 1.93. The number of hydrogen-bond donors (Lipinski definition) is 0. The van der Waals surface area contributed by atoms with Crippen molar-refractivity contribution < 1.29 is 4.52 Å². The van der Waals surface area contributed by atoms with E-state index in [2.05, 4.69) is 11.2 Å². The van der Waals surface area contributed by atoms with Crippen LogP contribution < -0.4 is 0 Å². The van der Waals surface area contributed by atoms with E-state index in [0.29, 0.717) is 5.56 Å². The van der Waals surface area contributed by atoms with Crippen molar-refractivity contribution in [3.8, 4) is 6.07 Å². The molecule has 0 spiro atoms. The maximum absolute atomic E-state index is 8.71. The van der Waals surface area contributed by atoms with Gasteiger partial charge in [0.05, 0.1) is 17.8 Å². The van der Waals surface area contributed by atoms with Crippen molar-refractivity contribution in [2.45, 2.75) is 6.92 Å². The summed E-state index contributed by atoms with van der Waals surface area (Å²) < 4.78 is 4.94. The molecule has 2 aromatic rings. The number of benzene rings is 1. The van der Waals surface area contributed by atoms with Crippen molar-refractivity contribution in [2.75, 3.05) is 0 Å². The zero-order chi connectivity index (χ0) is 8.55. The molecule has 1 aromatic heterocycles. The van der Waals surface area contributed by atoms with Crippen LogP contribution >= 0.6 is 0 Å². The summed E-state index contributed by atoms with van der Waals surface area (Å²) >= 11 is 0. The summed E-state index contributed by atoms with van der Waals surface area (Å²) in [5, 5.41) is 13.3. The highest BCUT2D eigenvalue weighted by Crippen LogP contribution is 2.20. The summed E-state index contributed by atoms with van der Waals surface area (Å²) in [6.07, 6.45) is 1.63. The molecule has 0 aliphatic rings. The summed E-state index contributed by atoms with van der Waals surface area (Å²) in [6.45, 7) is 1.89. The second-order valence-corrected chi connectivity index (χ2v) is 2.59. The Labute approximate surface area is 69.2 Å². The molecule has 0 atom stereocenters. The number of aromatic nitrogens is 1. The van der Waals surface area contributed by atoms with Crippen molar-refractivity contribution in [2.24, 2.45) is 0 Å². The molecule has 0 unspecified atom stereocenters. The van der Waals surface area contributed by atoms with Crippen LogP contribution in [0.5, 0.6) is 0 Å². The normalized spacial score (nSPS) is 10.0. The lowest BCUT2D eigenvalue weighted by atomic mass is 10.1. The van der Waals surface area contributed by atoms with Crippen molar-refractivity contribution >= 4 is 11.0 Å². The molecule has 0 saturated carbocycles. The molecular formula is C9H6N2O. The lowest BCUT2D eigenvalue weighted by molar-refractivity contribution is 0.456. The van der Waals surface area contributed by atoms with Gasteiger partial charge in [0.2, 0.25) is 0 Å². The van der Waals surface area contributed by atoms with Crippen molar-refractivity contribution in [3.63, 3.8) is 0 Å². The van der Waals surface area contributed by atoms with Gasteiger partial charge in [0.25, 0.3) is 0 Å². The van der Waals surface area contributed by atoms with Gasteiger partial charge in [-0.3, -0.25) is 0 Å². The van der Waals surface area contributed by atoms with E-state index in [4.69, 9.17) is 9.78 Å². The highest BCUT2D eigenvalue weighted by molar-refractivity contribution is 5.81. The molecule has 12 heavy (non-hydrogen) atoms. The first-order valence-electron chi connectivity index (χ1n) is 3.57. The molecule has 58 valence electrons. The smallest absolute Gasteiger partial charge is 0.167 e. The Bertz CT molecular complexity index is 465. The van der Waals surface area contributed by atoms with Crippen LogP contribution in [-0.2, 0) is 0 Å². The average Bonchev–Trinajstić information content (AvgIpc) is 2.53. The molecule has 3 heteroatoms. The fraction of sp³-hybridized carbons (Fsp3) is 0.111. The quantitative estimate of drug-likeness (QED) is 0.589. The zero-order valence-electron chi connectivity index (χ0n) is 6.53. The number of rotatable bonds is 0. The highest BCUT2D eigenvalue weighted by atomic mass is 16.5. The van der Waals surface area contributed by atoms with Crippen LogP contribution in [0.1, 0.15) is 11.1 Å². The van der Waals surface area contributed by atoms with Gasteiger partial charge in [0, 0.05) is 5.39 Å². The van der Waals surface area contributed by atoms with Crippen LogP contribution in [0.4, 0.5) is 0 Å². The van der Waals surface area contributed by atoms with Gasteiger partial charge in [-0.25, -0.2) is 0 Å². The highest BCUT2D eigenvalue weighted by Gasteiger charge is 2.04. The Morgan fingerprint density at radius 3 is 3.08 bits per heavy atom. The molecule has 0 N–H and O–H groups in total. The minimum Gasteiger partial charge on any atom is -0.356 e. The number of nitrogens with zero attached hydrogens (tertiary/aromatic N) is 2. The Kier molecular flexibility index (Phi) is 1.34. The predicted octanol–water partition coefficient (Wildman–Crippen LogP) is 2.01. The van der Waals surface area contributed by atoms with E-state index in [1.165, 1.54) is 0 Å². The molecule has 0 aliphatic carbocycles. The number of hydrogen-bond acceptors (Lipinski definition) is 3. The van der Waals surface area contributed by atoms with E-state index in [0.717, 1.165) is 16.5 Å². The minimum absolute atomic E-state index is 0.672. The fourth-order valence-electron chi connectivity index (χ4n) is 1.20. The van der Waals surface area contributed by atoms with E-state index in [9.17, 15) is 0 Å². The van der Waals surface area contributed by atoms with Gasteiger partial charge < -0.3 is 4.52 Å². The molecule has 2 rings (SSSR count).